The fourth-order valence-electron chi connectivity index (χ4n) is 3.20. The van der Waals surface area contributed by atoms with Gasteiger partial charge in [0, 0.05) is 37.1 Å². The molecule has 0 spiro atoms. The van der Waals surface area contributed by atoms with Crippen molar-refractivity contribution in [1.82, 2.24) is 15.1 Å². The van der Waals surface area contributed by atoms with Gasteiger partial charge in [-0.3, -0.25) is 9.59 Å². The highest BCUT2D eigenvalue weighted by Gasteiger charge is 2.31. The van der Waals surface area contributed by atoms with Gasteiger partial charge in [0.15, 0.2) is 0 Å². The second kappa shape index (κ2) is 9.30. The molecular weight excluding hydrogens is 346 g/mol. The fourth-order valence-corrected chi connectivity index (χ4v) is 4.02. The lowest BCUT2D eigenvalue weighted by atomic mass is 10.0. The minimum absolute atomic E-state index is 0. The number of benzene rings is 1. The van der Waals surface area contributed by atoms with Crippen molar-refractivity contribution in [2.24, 2.45) is 0 Å². The Bertz CT molecular complexity index is 558. The predicted molar refractivity (Wildman–Crippen MR) is 98.6 cm³/mol. The first-order valence-corrected chi connectivity index (χ1v) is 9.18. The molecule has 2 saturated heterocycles. The van der Waals surface area contributed by atoms with Crippen LogP contribution in [0.3, 0.4) is 0 Å². The normalized spacial score (nSPS) is 21.3. The van der Waals surface area contributed by atoms with Gasteiger partial charge in [-0.2, -0.15) is 0 Å². The number of piperazine rings is 1. The number of carbonyl (C=O) groups is 2. The average Bonchev–Trinajstić information content (AvgIpc) is 2.61. The molecule has 2 aliphatic heterocycles. The monoisotopic (exact) mass is 369 g/mol. The van der Waals surface area contributed by atoms with Crippen LogP contribution in [0.4, 0.5) is 0 Å². The van der Waals surface area contributed by atoms with Crippen LogP contribution in [0.5, 0.6) is 0 Å². The lowest BCUT2D eigenvalue weighted by Crippen LogP contribution is -2.57. The highest BCUT2D eigenvalue weighted by atomic mass is 35.5. The molecule has 7 heteroatoms. The zero-order valence-electron chi connectivity index (χ0n) is 13.6. The van der Waals surface area contributed by atoms with Gasteiger partial charge in [0.1, 0.15) is 0 Å². The number of nitrogens with zero attached hydrogens (tertiary/aromatic N) is 2. The maximum Gasteiger partial charge on any atom is 0.236 e. The van der Waals surface area contributed by atoms with Crippen molar-refractivity contribution in [3.63, 3.8) is 0 Å². The van der Waals surface area contributed by atoms with Crippen LogP contribution >= 0.6 is 24.2 Å². The van der Waals surface area contributed by atoms with Gasteiger partial charge in [0.2, 0.25) is 11.8 Å². The first-order valence-electron chi connectivity index (χ1n) is 8.20. The highest BCUT2D eigenvalue weighted by molar-refractivity contribution is 8.00. The molecule has 5 nitrogen and oxygen atoms in total. The topological polar surface area (TPSA) is 52.7 Å². The molecule has 1 aromatic rings. The number of amides is 2. The van der Waals surface area contributed by atoms with E-state index < -0.39 is 0 Å². The van der Waals surface area contributed by atoms with Crippen LogP contribution < -0.4 is 5.32 Å². The molecule has 0 aromatic heterocycles. The number of halogens is 1. The molecule has 2 amide bonds. The number of piperidine rings is 1. The predicted octanol–water partition coefficient (Wildman–Crippen LogP) is 1.62. The minimum atomic E-state index is 0. The Kier molecular flexibility index (Phi) is 7.40. The van der Waals surface area contributed by atoms with Crippen LogP contribution in [-0.4, -0.2) is 66.1 Å². The molecule has 24 heavy (non-hydrogen) atoms. The Balaban J connectivity index is 0.00000208. The van der Waals surface area contributed by atoms with Gasteiger partial charge in [0.25, 0.3) is 0 Å². The van der Waals surface area contributed by atoms with E-state index in [-0.39, 0.29) is 30.3 Å². The molecule has 2 heterocycles. The van der Waals surface area contributed by atoms with E-state index in [1.807, 2.05) is 40.1 Å². The molecule has 3 rings (SSSR count). The third-order valence-electron chi connectivity index (χ3n) is 4.42. The highest BCUT2D eigenvalue weighted by Crippen LogP contribution is 2.21. The molecule has 1 N–H and O–H groups in total. The average molecular weight is 370 g/mol. The SMILES string of the molecule is Cl.O=C(CSc1ccccc1)N1CCCC(N2CCNCC2=O)C1. The molecule has 0 radical (unpaired) electrons. The van der Waals surface area contributed by atoms with Gasteiger partial charge in [-0.15, -0.1) is 24.2 Å². The number of thioether (sulfide) groups is 1. The van der Waals surface area contributed by atoms with E-state index in [1.54, 1.807) is 11.8 Å². The summed E-state index contributed by atoms with van der Waals surface area (Å²) in [6.45, 7) is 3.52. The molecule has 0 saturated carbocycles. The van der Waals surface area contributed by atoms with Crippen LogP contribution in [0.2, 0.25) is 0 Å². The molecule has 1 atom stereocenters. The lowest BCUT2D eigenvalue weighted by molar-refractivity contribution is -0.139. The second-order valence-electron chi connectivity index (χ2n) is 6.00. The number of hydrogen-bond donors (Lipinski definition) is 1. The zero-order valence-corrected chi connectivity index (χ0v) is 15.3. The van der Waals surface area contributed by atoms with E-state index in [1.165, 1.54) is 0 Å². The number of rotatable bonds is 4. The summed E-state index contributed by atoms with van der Waals surface area (Å²) in [6.07, 6.45) is 1.98. The largest absolute Gasteiger partial charge is 0.340 e. The first kappa shape index (κ1) is 19.1. The van der Waals surface area contributed by atoms with Crippen molar-refractivity contribution in [2.75, 3.05) is 38.5 Å². The van der Waals surface area contributed by atoms with Gasteiger partial charge in [0.05, 0.1) is 12.3 Å². The van der Waals surface area contributed by atoms with Gasteiger partial charge in [-0.05, 0) is 25.0 Å². The summed E-state index contributed by atoms with van der Waals surface area (Å²) in [5, 5.41) is 3.10. The van der Waals surface area contributed by atoms with Crippen molar-refractivity contribution in [3.05, 3.63) is 30.3 Å². The Morgan fingerprint density at radius 2 is 2.04 bits per heavy atom. The Morgan fingerprint density at radius 1 is 1.25 bits per heavy atom. The lowest BCUT2D eigenvalue weighted by Gasteiger charge is -2.41. The van der Waals surface area contributed by atoms with Gasteiger partial charge in [-0.1, -0.05) is 18.2 Å². The Hall–Kier alpha value is -1.24. The van der Waals surface area contributed by atoms with Crippen molar-refractivity contribution in [2.45, 2.75) is 23.8 Å². The molecular formula is C17H24ClN3O2S. The van der Waals surface area contributed by atoms with Crippen LogP contribution in [-0.2, 0) is 9.59 Å². The van der Waals surface area contributed by atoms with E-state index in [4.69, 9.17) is 0 Å². The van der Waals surface area contributed by atoms with Crippen molar-refractivity contribution < 1.29 is 9.59 Å². The number of carbonyl (C=O) groups excluding carboxylic acids is 2. The second-order valence-corrected chi connectivity index (χ2v) is 7.05. The van der Waals surface area contributed by atoms with Crippen LogP contribution in [0.1, 0.15) is 12.8 Å². The van der Waals surface area contributed by atoms with E-state index in [2.05, 4.69) is 5.32 Å². The van der Waals surface area contributed by atoms with E-state index in [0.717, 1.165) is 37.4 Å². The molecule has 1 unspecified atom stereocenters. The summed E-state index contributed by atoms with van der Waals surface area (Å²) in [7, 11) is 0. The Morgan fingerprint density at radius 3 is 2.79 bits per heavy atom. The summed E-state index contributed by atoms with van der Waals surface area (Å²) in [4.78, 5) is 29.5. The number of likely N-dealkylation sites (tertiary alicyclic amines) is 1. The van der Waals surface area contributed by atoms with Crippen LogP contribution in [0.15, 0.2) is 35.2 Å². The third-order valence-corrected chi connectivity index (χ3v) is 5.42. The summed E-state index contributed by atoms with van der Waals surface area (Å²) in [5.41, 5.74) is 0. The quantitative estimate of drug-likeness (QED) is 0.819. The molecule has 2 fully saturated rings. The maximum absolute atomic E-state index is 12.5. The zero-order chi connectivity index (χ0) is 16.1. The van der Waals surface area contributed by atoms with Gasteiger partial charge < -0.3 is 15.1 Å². The van der Waals surface area contributed by atoms with E-state index in [9.17, 15) is 9.59 Å². The molecule has 2 aliphatic rings. The van der Waals surface area contributed by atoms with Crippen LogP contribution in [0.25, 0.3) is 0 Å². The molecule has 132 valence electrons. The van der Waals surface area contributed by atoms with E-state index in [0.29, 0.717) is 18.8 Å². The molecule has 1 aromatic carbocycles. The van der Waals surface area contributed by atoms with Gasteiger partial charge in [-0.25, -0.2) is 0 Å². The van der Waals surface area contributed by atoms with E-state index >= 15 is 0 Å². The van der Waals surface area contributed by atoms with Crippen molar-refractivity contribution in [1.29, 1.82) is 0 Å². The standard InChI is InChI=1S/C17H23N3O2S.ClH/c21-16-11-18-8-10-20(16)14-5-4-9-19(12-14)17(22)13-23-15-6-2-1-3-7-15;/h1-3,6-7,14,18H,4-5,8-13H2;1H. The summed E-state index contributed by atoms with van der Waals surface area (Å²) < 4.78 is 0. The summed E-state index contributed by atoms with van der Waals surface area (Å²) in [6, 6.07) is 10.2. The molecule has 0 aliphatic carbocycles. The fraction of sp³-hybridized carbons (Fsp3) is 0.529. The number of nitrogens with one attached hydrogen (secondary N) is 1. The summed E-state index contributed by atoms with van der Waals surface area (Å²) >= 11 is 1.58. The van der Waals surface area contributed by atoms with Crippen molar-refractivity contribution in [3.8, 4) is 0 Å². The summed E-state index contributed by atoms with van der Waals surface area (Å²) in [5.74, 6) is 0.798. The maximum atomic E-state index is 12.5. The molecule has 0 bridgehead atoms. The van der Waals surface area contributed by atoms with Crippen molar-refractivity contribution >= 4 is 36.0 Å². The first-order chi connectivity index (χ1) is 11.2. The smallest absolute Gasteiger partial charge is 0.236 e. The Labute approximate surface area is 153 Å². The minimum Gasteiger partial charge on any atom is -0.340 e. The van der Waals surface area contributed by atoms with Crippen LogP contribution in [0, 0.1) is 0 Å². The number of hydrogen-bond acceptors (Lipinski definition) is 4. The third kappa shape index (κ3) is 4.88. The van der Waals surface area contributed by atoms with Gasteiger partial charge >= 0.3 is 0 Å².